The molecule has 4 rings (SSSR count). The Bertz CT molecular complexity index is 1080. The molecule has 3 aromatic rings. The Morgan fingerprint density at radius 2 is 1.80 bits per heavy atom. The summed E-state index contributed by atoms with van der Waals surface area (Å²) >= 11 is 0. The molecule has 1 amide bonds. The number of anilines is 1. The number of Topliss-reactive ketones (excluding diaryl/α,β-unsaturated/α-hetero) is 1. The number of amides is 1. The fraction of sp³-hybridized carbons (Fsp3) is 0.320. The molecule has 5 nitrogen and oxygen atoms in total. The summed E-state index contributed by atoms with van der Waals surface area (Å²) in [5, 5.41) is 2.87. The van der Waals surface area contributed by atoms with E-state index in [0.717, 1.165) is 29.9 Å². The standard InChI is InChI=1S/C25H26N2O3/c1-16-17(2)30-25(26-16)21-8-5-9-22(15-21)27-24(29)13-12-23(28)20-11-10-18-6-3-4-7-19(18)14-20/h5,8-11,14-15H,3-4,6-7,12-13H2,1-2H3,(H,27,29). The van der Waals surface area contributed by atoms with Crippen molar-refractivity contribution in [1.82, 2.24) is 4.98 Å². The number of nitrogens with one attached hydrogen (secondary N) is 1. The number of carbonyl (C=O) groups excluding carboxylic acids is 2. The highest BCUT2D eigenvalue weighted by molar-refractivity contribution is 6.00. The van der Waals surface area contributed by atoms with Crippen molar-refractivity contribution >= 4 is 17.4 Å². The van der Waals surface area contributed by atoms with Crippen LogP contribution in [0.15, 0.2) is 46.9 Å². The minimum atomic E-state index is -0.182. The Morgan fingerprint density at radius 1 is 1.00 bits per heavy atom. The van der Waals surface area contributed by atoms with Crippen LogP contribution in [0.1, 0.15) is 58.6 Å². The molecule has 1 N–H and O–H groups in total. The number of ketones is 1. The summed E-state index contributed by atoms with van der Waals surface area (Å²) in [7, 11) is 0. The third-order valence-corrected chi connectivity index (χ3v) is 5.67. The lowest BCUT2D eigenvalue weighted by molar-refractivity contribution is -0.116. The normalized spacial score (nSPS) is 13.0. The molecule has 0 fully saturated rings. The number of oxazole rings is 1. The van der Waals surface area contributed by atoms with Gasteiger partial charge in [0, 0.05) is 29.7 Å². The molecule has 0 aliphatic heterocycles. The molecule has 0 spiro atoms. The molecular formula is C25H26N2O3. The second kappa shape index (κ2) is 8.66. The molecule has 0 unspecified atom stereocenters. The molecule has 30 heavy (non-hydrogen) atoms. The second-order valence-electron chi connectivity index (χ2n) is 7.90. The predicted molar refractivity (Wildman–Crippen MR) is 117 cm³/mol. The Labute approximate surface area is 176 Å². The number of benzene rings is 2. The summed E-state index contributed by atoms with van der Waals surface area (Å²) in [6.07, 6.45) is 4.88. The van der Waals surface area contributed by atoms with Crippen molar-refractivity contribution in [2.75, 3.05) is 5.32 Å². The number of nitrogens with zero attached hydrogens (tertiary/aromatic N) is 1. The lowest BCUT2D eigenvalue weighted by Crippen LogP contribution is -2.14. The smallest absolute Gasteiger partial charge is 0.226 e. The predicted octanol–water partition coefficient (Wildman–Crippen LogP) is 5.44. The first-order valence-corrected chi connectivity index (χ1v) is 10.5. The van der Waals surface area contributed by atoms with Crippen molar-refractivity contribution in [2.24, 2.45) is 0 Å². The molecule has 0 saturated heterocycles. The largest absolute Gasteiger partial charge is 0.441 e. The lowest BCUT2D eigenvalue weighted by Gasteiger charge is -2.16. The highest BCUT2D eigenvalue weighted by Gasteiger charge is 2.15. The number of aromatic nitrogens is 1. The van der Waals surface area contributed by atoms with Crippen LogP contribution < -0.4 is 5.32 Å². The SMILES string of the molecule is Cc1nc(-c2cccc(NC(=O)CCC(=O)c3ccc4c(c3)CCCC4)c2)oc1C. The molecule has 0 radical (unpaired) electrons. The molecule has 1 aromatic heterocycles. The van der Waals surface area contributed by atoms with Gasteiger partial charge in [-0.2, -0.15) is 0 Å². The van der Waals surface area contributed by atoms with Crippen molar-refractivity contribution in [3.05, 3.63) is 70.6 Å². The molecule has 1 aliphatic rings. The van der Waals surface area contributed by atoms with Crippen molar-refractivity contribution in [3.63, 3.8) is 0 Å². The maximum atomic E-state index is 12.6. The average molecular weight is 402 g/mol. The highest BCUT2D eigenvalue weighted by atomic mass is 16.4. The van der Waals surface area contributed by atoms with Crippen LogP contribution in [0.3, 0.4) is 0 Å². The van der Waals surface area contributed by atoms with Crippen LogP contribution >= 0.6 is 0 Å². The number of carbonyl (C=O) groups is 2. The van der Waals surface area contributed by atoms with Gasteiger partial charge >= 0.3 is 0 Å². The minimum Gasteiger partial charge on any atom is -0.441 e. The molecule has 0 saturated carbocycles. The van der Waals surface area contributed by atoms with Gasteiger partial charge in [0.25, 0.3) is 0 Å². The van der Waals surface area contributed by atoms with E-state index in [9.17, 15) is 9.59 Å². The fourth-order valence-corrected chi connectivity index (χ4v) is 3.83. The van der Waals surface area contributed by atoms with Gasteiger partial charge in [0.05, 0.1) is 5.69 Å². The van der Waals surface area contributed by atoms with Gasteiger partial charge < -0.3 is 9.73 Å². The van der Waals surface area contributed by atoms with Crippen molar-refractivity contribution in [1.29, 1.82) is 0 Å². The number of aryl methyl sites for hydroxylation is 4. The van der Waals surface area contributed by atoms with Crippen LogP contribution in [0.4, 0.5) is 5.69 Å². The van der Waals surface area contributed by atoms with Gasteiger partial charge in [-0.05, 0) is 74.9 Å². The Hall–Kier alpha value is -3.21. The summed E-state index contributed by atoms with van der Waals surface area (Å²) in [5.74, 6) is 1.14. The highest BCUT2D eigenvalue weighted by Crippen LogP contribution is 2.25. The molecule has 154 valence electrons. The molecule has 0 atom stereocenters. The lowest BCUT2D eigenvalue weighted by atomic mass is 9.89. The summed E-state index contributed by atoms with van der Waals surface area (Å²) in [4.78, 5) is 29.3. The molecular weight excluding hydrogens is 376 g/mol. The van der Waals surface area contributed by atoms with Gasteiger partial charge in [0.15, 0.2) is 5.78 Å². The molecule has 1 heterocycles. The molecule has 5 heteroatoms. The van der Waals surface area contributed by atoms with Gasteiger partial charge in [-0.25, -0.2) is 4.98 Å². The maximum absolute atomic E-state index is 12.6. The monoisotopic (exact) mass is 402 g/mol. The minimum absolute atomic E-state index is 0.0120. The van der Waals surface area contributed by atoms with E-state index in [0.29, 0.717) is 17.1 Å². The number of rotatable bonds is 6. The van der Waals surface area contributed by atoms with Gasteiger partial charge in [-0.3, -0.25) is 9.59 Å². The van der Waals surface area contributed by atoms with Crippen LogP contribution in [0.5, 0.6) is 0 Å². The van der Waals surface area contributed by atoms with E-state index < -0.39 is 0 Å². The van der Waals surface area contributed by atoms with E-state index in [1.807, 2.05) is 50.2 Å². The second-order valence-corrected chi connectivity index (χ2v) is 7.90. The van der Waals surface area contributed by atoms with E-state index in [-0.39, 0.29) is 24.5 Å². The Balaban J connectivity index is 1.36. The topological polar surface area (TPSA) is 72.2 Å². The number of hydrogen-bond donors (Lipinski definition) is 1. The van der Waals surface area contributed by atoms with E-state index >= 15 is 0 Å². The van der Waals surface area contributed by atoms with Crippen molar-refractivity contribution < 1.29 is 14.0 Å². The zero-order valence-electron chi connectivity index (χ0n) is 17.5. The number of hydrogen-bond acceptors (Lipinski definition) is 4. The quantitative estimate of drug-likeness (QED) is 0.557. The first-order valence-electron chi connectivity index (χ1n) is 10.5. The summed E-state index contributed by atoms with van der Waals surface area (Å²) in [6, 6.07) is 13.4. The third-order valence-electron chi connectivity index (χ3n) is 5.67. The summed E-state index contributed by atoms with van der Waals surface area (Å²) in [5.41, 5.74) is 5.65. The summed E-state index contributed by atoms with van der Waals surface area (Å²) in [6.45, 7) is 3.77. The van der Waals surface area contributed by atoms with Crippen molar-refractivity contribution in [3.8, 4) is 11.5 Å². The van der Waals surface area contributed by atoms with E-state index in [4.69, 9.17) is 4.42 Å². The van der Waals surface area contributed by atoms with E-state index in [1.54, 1.807) is 0 Å². The van der Waals surface area contributed by atoms with Crippen LogP contribution in [0, 0.1) is 13.8 Å². The summed E-state index contributed by atoms with van der Waals surface area (Å²) < 4.78 is 5.66. The zero-order valence-corrected chi connectivity index (χ0v) is 17.5. The fourth-order valence-electron chi connectivity index (χ4n) is 3.83. The zero-order chi connectivity index (χ0) is 21.1. The van der Waals surface area contributed by atoms with Gasteiger partial charge in [-0.1, -0.05) is 18.2 Å². The average Bonchev–Trinajstić information content (AvgIpc) is 3.10. The van der Waals surface area contributed by atoms with Gasteiger partial charge in [-0.15, -0.1) is 0 Å². The van der Waals surface area contributed by atoms with Gasteiger partial charge in [0.2, 0.25) is 11.8 Å². The van der Waals surface area contributed by atoms with Crippen LogP contribution in [0.25, 0.3) is 11.5 Å². The molecule has 0 bridgehead atoms. The first-order chi connectivity index (χ1) is 14.5. The number of fused-ring (bicyclic) bond motifs is 1. The maximum Gasteiger partial charge on any atom is 0.226 e. The third kappa shape index (κ3) is 4.51. The van der Waals surface area contributed by atoms with E-state index in [1.165, 1.54) is 24.0 Å². The molecule has 2 aromatic carbocycles. The Kier molecular flexibility index (Phi) is 5.79. The van der Waals surface area contributed by atoms with Crippen molar-refractivity contribution in [2.45, 2.75) is 52.4 Å². The van der Waals surface area contributed by atoms with E-state index in [2.05, 4.69) is 16.4 Å². The van der Waals surface area contributed by atoms with Crippen LogP contribution in [0.2, 0.25) is 0 Å². The Morgan fingerprint density at radius 3 is 2.57 bits per heavy atom. The first kappa shape index (κ1) is 20.1. The van der Waals surface area contributed by atoms with Crippen LogP contribution in [-0.2, 0) is 17.6 Å². The van der Waals surface area contributed by atoms with Gasteiger partial charge in [0.1, 0.15) is 5.76 Å². The van der Waals surface area contributed by atoms with Crippen LogP contribution in [-0.4, -0.2) is 16.7 Å². The molecule has 1 aliphatic carbocycles.